The number of benzene rings is 1. The second-order valence-corrected chi connectivity index (χ2v) is 5.33. The molecule has 0 radical (unpaired) electrons. The highest BCUT2D eigenvalue weighted by molar-refractivity contribution is 7.93. The predicted molar refractivity (Wildman–Crippen MR) is 58.3 cm³/mol. The van der Waals surface area contributed by atoms with Gasteiger partial charge < -0.3 is 4.74 Å². The molecule has 0 saturated heterocycles. The van der Waals surface area contributed by atoms with E-state index in [1.165, 1.54) is 0 Å². The monoisotopic (exact) mass is 213 g/mol. The van der Waals surface area contributed by atoms with Gasteiger partial charge in [-0.15, -0.1) is 0 Å². The topological polar surface area (TPSA) is 38.7 Å². The van der Waals surface area contributed by atoms with Gasteiger partial charge >= 0.3 is 0 Å². The maximum atomic E-state index is 11.9. The lowest BCUT2D eigenvalue weighted by atomic mass is 10.3. The summed E-state index contributed by atoms with van der Waals surface area (Å²) in [5.41, 5.74) is 0. The van der Waals surface area contributed by atoms with Crippen molar-refractivity contribution in [1.82, 2.24) is 0 Å². The summed E-state index contributed by atoms with van der Waals surface area (Å²) in [5, 5.41) is 0. The predicted octanol–water partition coefficient (Wildman–Crippen LogP) is 2.17. The summed E-state index contributed by atoms with van der Waals surface area (Å²) in [6.45, 7) is 2.53. The molecule has 14 heavy (non-hydrogen) atoms. The van der Waals surface area contributed by atoms with Crippen LogP contribution >= 0.6 is 0 Å². The van der Waals surface area contributed by atoms with Gasteiger partial charge in [-0.3, -0.25) is 0 Å². The van der Waals surface area contributed by atoms with Crippen molar-refractivity contribution in [3.05, 3.63) is 24.3 Å². The van der Waals surface area contributed by atoms with Gasteiger partial charge in [-0.2, -0.15) is 0 Å². The van der Waals surface area contributed by atoms with Crippen LogP contribution in [-0.4, -0.2) is 24.1 Å². The lowest BCUT2D eigenvalue weighted by Gasteiger charge is -2.06. The van der Waals surface area contributed by atoms with E-state index in [0.717, 1.165) is 5.75 Å². The Balaban J connectivity index is 3.13. The molecule has 0 spiro atoms. The van der Waals surface area contributed by atoms with Crippen LogP contribution < -0.4 is 4.74 Å². The van der Waals surface area contributed by atoms with Gasteiger partial charge in [0.05, 0.1) is 21.2 Å². The molecule has 0 aliphatic carbocycles. The Hall–Kier alpha value is -1.03. The minimum atomic E-state index is -2.24. The molecule has 0 amide bonds. The standard InChI is InChI=1S/C10H15NO2S/c1-4-13-9-6-5-7-10(8-9)14(3,12)11-2/h5-8H,4H2,1-3H3. The van der Waals surface area contributed by atoms with Crippen molar-refractivity contribution in [1.29, 1.82) is 0 Å². The van der Waals surface area contributed by atoms with E-state index in [0.29, 0.717) is 11.5 Å². The summed E-state index contributed by atoms with van der Waals surface area (Å²) in [7, 11) is -0.679. The average molecular weight is 213 g/mol. The minimum Gasteiger partial charge on any atom is -0.494 e. The van der Waals surface area contributed by atoms with Crippen LogP contribution in [0.3, 0.4) is 0 Å². The zero-order chi connectivity index (χ0) is 10.6. The SMILES string of the molecule is CCOc1cccc(S(C)(=O)=NC)c1. The van der Waals surface area contributed by atoms with Gasteiger partial charge in [-0.1, -0.05) is 6.07 Å². The number of rotatable bonds is 3. The summed E-state index contributed by atoms with van der Waals surface area (Å²) < 4.78 is 21.1. The van der Waals surface area contributed by atoms with Crippen LogP contribution in [0.1, 0.15) is 6.92 Å². The van der Waals surface area contributed by atoms with Crippen molar-refractivity contribution in [3.63, 3.8) is 0 Å². The lowest BCUT2D eigenvalue weighted by Crippen LogP contribution is -1.98. The van der Waals surface area contributed by atoms with Gasteiger partial charge in [-0.25, -0.2) is 8.57 Å². The van der Waals surface area contributed by atoms with Crippen LogP contribution in [0.5, 0.6) is 5.75 Å². The Bertz CT molecular complexity index is 420. The Morgan fingerprint density at radius 1 is 1.50 bits per heavy atom. The van der Waals surface area contributed by atoms with Crippen molar-refractivity contribution in [2.75, 3.05) is 19.9 Å². The summed E-state index contributed by atoms with van der Waals surface area (Å²) >= 11 is 0. The smallest absolute Gasteiger partial charge is 0.120 e. The third-order valence-electron chi connectivity index (χ3n) is 1.90. The Morgan fingerprint density at radius 3 is 2.79 bits per heavy atom. The van der Waals surface area contributed by atoms with E-state index in [4.69, 9.17) is 4.74 Å². The van der Waals surface area contributed by atoms with Crippen LogP contribution in [0.4, 0.5) is 0 Å². The Kier molecular flexibility index (Phi) is 3.52. The first-order chi connectivity index (χ1) is 6.60. The maximum Gasteiger partial charge on any atom is 0.120 e. The fraction of sp³-hybridized carbons (Fsp3) is 0.400. The molecule has 1 unspecified atom stereocenters. The lowest BCUT2D eigenvalue weighted by molar-refractivity contribution is 0.339. The van der Waals surface area contributed by atoms with E-state index in [2.05, 4.69) is 4.36 Å². The van der Waals surface area contributed by atoms with Crippen LogP contribution in [0.15, 0.2) is 33.5 Å². The quantitative estimate of drug-likeness (QED) is 0.772. The molecule has 0 heterocycles. The van der Waals surface area contributed by atoms with Crippen molar-refractivity contribution in [2.45, 2.75) is 11.8 Å². The van der Waals surface area contributed by atoms with E-state index < -0.39 is 9.73 Å². The molecule has 4 heteroatoms. The van der Waals surface area contributed by atoms with Gasteiger partial charge in [0, 0.05) is 13.3 Å². The first-order valence-corrected chi connectivity index (χ1v) is 6.35. The molecule has 0 saturated carbocycles. The molecule has 78 valence electrons. The highest BCUT2D eigenvalue weighted by Crippen LogP contribution is 2.18. The van der Waals surface area contributed by atoms with Crippen LogP contribution in [0, 0.1) is 0 Å². The van der Waals surface area contributed by atoms with Crippen LogP contribution in [-0.2, 0) is 9.73 Å². The molecule has 1 rings (SSSR count). The Morgan fingerprint density at radius 2 is 2.21 bits per heavy atom. The molecular formula is C10H15NO2S. The molecule has 1 atom stereocenters. The number of nitrogens with zero attached hydrogens (tertiary/aromatic N) is 1. The van der Waals surface area contributed by atoms with E-state index in [-0.39, 0.29) is 0 Å². The minimum absolute atomic E-state index is 0.609. The second kappa shape index (κ2) is 4.46. The molecule has 0 N–H and O–H groups in total. The average Bonchev–Trinajstić information content (AvgIpc) is 2.19. The molecule has 0 fully saturated rings. The van der Waals surface area contributed by atoms with E-state index in [1.54, 1.807) is 25.4 Å². The zero-order valence-electron chi connectivity index (χ0n) is 8.69. The normalized spacial score (nSPS) is 14.5. The van der Waals surface area contributed by atoms with Gasteiger partial charge in [-0.05, 0) is 25.1 Å². The van der Waals surface area contributed by atoms with Crippen molar-refractivity contribution in [3.8, 4) is 5.75 Å². The third-order valence-corrected chi connectivity index (χ3v) is 3.73. The van der Waals surface area contributed by atoms with E-state index >= 15 is 0 Å². The molecule has 1 aromatic rings. The third kappa shape index (κ3) is 2.48. The number of hydrogen-bond donors (Lipinski definition) is 0. The van der Waals surface area contributed by atoms with Gasteiger partial charge in [0.15, 0.2) is 0 Å². The van der Waals surface area contributed by atoms with Gasteiger partial charge in [0.2, 0.25) is 0 Å². The summed E-state index contributed by atoms with van der Waals surface area (Å²) in [6.07, 6.45) is 1.62. The summed E-state index contributed by atoms with van der Waals surface area (Å²) in [5.74, 6) is 0.739. The van der Waals surface area contributed by atoms with Gasteiger partial charge in [0.1, 0.15) is 5.75 Å². The summed E-state index contributed by atoms with van der Waals surface area (Å²) in [4.78, 5) is 0.714. The fourth-order valence-corrected chi connectivity index (χ4v) is 1.95. The molecule has 3 nitrogen and oxygen atoms in total. The molecule has 0 aromatic heterocycles. The van der Waals surface area contributed by atoms with Crippen LogP contribution in [0.25, 0.3) is 0 Å². The highest BCUT2D eigenvalue weighted by atomic mass is 32.2. The Labute approximate surface area is 85.3 Å². The van der Waals surface area contributed by atoms with Crippen molar-refractivity contribution >= 4 is 9.73 Å². The van der Waals surface area contributed by atoms with Crippen LogP contribution in [0.2, 0.25) is 0 Å². The molecule has 0 bridgehead atoms. The molecule has 1 aromatic carbocycles. The first kappa shape index (κ1) is 11.0. The molecular weight excluding hydrogens is 198 g/mol. The highest BCUT2D eigenvalue weighted by Gasteiger charge is 2.05. The number of hydrogen-bond acceptors (Lipinski definition) is 3. The molecule has 0 aliphatic heterocycles. The second-order valence-electron chi connectivity index (χ2n) is 2.89. The first-order valence-electron chi connectivity index (χ1n) is 4.43. The summed E-state index contributed by atoms with van der Waals surface area (Å²) in [6, 6.07) is 7.25. The number of ether oxygens (including phenoxy) is 1. The zero-order valence-corrected chi connectivity index (χ0v) is 9.50. The van der Waals surface area contributed by atoms with E-state index in [1.807, 2.05) is 19.1 Å². The van der Waals surface area contributed by atoms with Crippen molar-refractivity contribution < 1.29 is 8.95 Å². The molecule has 0 aliphatic rings. The largest absolute Gasteiger partial charge is 0.494 e. The van der Waals surface area contributed by atoms with Crippen molar-refractivity contribution in [2.24, 2.45) is 4.36 Å². The maximum absolute atomic E-state index is 11.9. The van der Waals surface area contributed by atoms with Gasteiger partial charge in [0.25, 0.3) is 0 Å². The fourth-order valence-electron chi connectivity index (χ4n) is 1.07. The van der Waals surface area contributed by atoms with E-state index in [9.17, 15) is 4.21 Å².